The van der Waals surface area contributed by atoms with E-state index in [4.69, 9.17) is 16.3 Å². The standard InChI is InChI=1S/C13H14ClN3O2S/c1-19-13(18)8-6-9(14)11-15-16-12(17(11)7-8)10-4-2-3-5-20-10/h6-7,10H,2-5H2,1H3. The number of fused-ring (bicyclic) bond motifs is 1. The van der Waals surface area contributed by atoms with Gasteiger partial charge in [0.05, 0.1) is 22.9 Å². The quantitative estimate of drug-likeness (QED) is 0.798. The summed E-state index contributed by atoms with van der Waals surface area (Å²) in [5.74, 6) is 1.58. The lowest BCUT2D eigenvalue weighted by atomic mass is 10.2. The fraction of sp³-hybridized carbons (Fsp3) is 0.462. The molecule has 0 N–H and O–H groups in total. The zero-order valence-electron chi connectivity index (χ0n) is 11.0. The van der Waals surface area contributed by atoms with E-state index in [2.05, 4.69) is 10.2 Å². The molecule has 3 heterocycles. The van der Waals surface area contributed by atoms with Crippen molar-refractivity contribution in [2.75, 3.05) is 12.9 Å². The molecule has 1 saturated heterocycles. The maximum absolute atomic E-state index is 11.7. The van der Waals surface area contributed by atoms with E-state index < -0.39 is 5.97 Å². The van der Waals surface area contributed by atoms with Crippen molar-refractivity contribution in [3.8, 4) is 0 Å². The molecule has 0 bridgehead atoms. The molecule has 106 valence electrons. The molecule has 1 unspecified atom stereocenters. The van der Waals surface area contributed by atoms with Crippen LogP contribution in [0.4, 0.5) is 0 Å². The van der Waals surface area contributed by atoms with Crippen LogP contribution in [0.5, 0.6) is 0 Å². The van der Waals surface area contributed by atoms with Gasteiger partial charge in [0.25, 0.3) is 0 Å². The summed E-state index contributed by atoms with van der Waals surface area (Å²) in [6.45, 7) is 0. The molecular formula is C13H14ClN3O2S. The second-order valence-electron chi connectivity index (χ2n) is 4.68. The third-order valence-electron chi connectivity index (χ3n) is 3.37. The molecule has 20 heavy (non-hydrogen) atoms. The second-order valence-corrected chi connectivity index (χ2v) is 6.39. The number of esters is 1. The molecule has 0 spiro atoms. The number of methoxy groups -OCH3 is 1. The number of ether oxygens (including phenoxy) is 1. The van der Waals surface area contributed by atoms with Crippen molar-refractivity contribution in [1.29, 1.82) is 0 Å². The van der Waals surface area contributed by atoms with Gasteiger partial charge in [0, 0.05) is 6.20 Å². The smallest absolute Gasteiger partial charge is 0.339 e. The molecule has 0 saturated carbocycles. The Hall–Kier alpha value is -1.27. The van der Waals surface area contributed by atoms with Gasteiger partial charge in [-0.3, -0.25) is 4.40 Å². The highest BCUT2D eigenvalue weighted by molar-refractivity contribution is 7.99. The van der Waals surface area contributed by atoms with Gasteiger partial charge in [-0.05, 0) is 24.7 Å². The van der Waals surface area contributed by atoms with Gasteiger partial charge < -0.3 is 4.74 Å². The van der Waals surface area contributed by atoms with E-state index in [0.29, 0.717) is 21.5 Å². The van der Waals surface area contributed by atoms with Gasteiger partial charge in [0.1, 0.15) is 0 Å². The van der Waals surface area contributed by atoms with Crippen molar-refractivity contribution in [3.63, 3.8) is 0 Å². The van der Waals surface area contributed by atoms with Crippen LogP contribution >= 0.6 is 23.4 Å². The van der Waals surface area contributed by atoms with Crippen LogP contribution in [0.1, 0.15) is 40.7 Å². The third-order valence-corrected chi connectivity index (χ3v) is 5.03. The van der Waals surface area contributed by atoms with Crippen molar-refractivity contribution in [2.45, 2.75) is 24.5 Å². The van der Waals surface area contributed by atoms with Gasteiger partial charge >= 0.3 is 5.97 Å². The largest absolute Gasteiger partial charge is 0.465 e. The average molecular weight is 312 g/mol. The van der Waals surface area contributed by atoms with Gasteiger partial charge in [0.15, 0.2) is 11.5 Å². The summed E-state index contributed by atoms with van der Waals surface area (Å²) in [4.78, 5) is 11.7. The Labute approximate surface area is 125 Å². The predicted molar refractivity (Wildman–Crippen MR) is 78.4 cm³/mol. The molecule has 2 aromatic rings. The number of carbonyl (C=O) groups excluding carboxylic acids is 1. The van der Waals surface area contributed by atoms with Gasteiger partial charge in [0.2, 0.25) is 0 Å². The molecule has 2 aromatic heterocycles. The lowest BCUT2D eigenvalue weighted by Crippen LogP contribution is -2.08. The molecule has 1 atom stereocenters. The summed E-state index contributed by atoms with van der Waals surface area (Å²) < 4.78 is 6.56. The van der Waals surface area contributed by atoms with Crippen LogP contribution in [0.2, 0.25) is 5.02 Å². The number of thioether (sulfide) groups is 1. The lowest BCUT2D eigenvalue weighted by Gasteiger charge is -2.19. The zero-order valence-corrected chi connectivity index (χ0v) is 12.6. The highest BCUT2D eigenvalue weighted by Gasteiger charge is 2.23. The highest BCUT2D eigenvalue weighted by atomic mass is 35.5. The van der Waals surface area contributed by atoms with E-state index in [1.54, 1.807) is 12.3 Å². The fourth-order valence-electron chi connectivity index (χ4n) is 2.36. The van der Waals surface area contributed by atoms with Crippen molar-refractivity contribution in [2.24, 2.45) is 0 Å². The first-order valence-corrected chi connectivity index (χ1v) is 7.87. The van der Waals surface area contributed by atoms with Crippen molar-refractivity contribution >= 4 is 35.0 Å². The number of rotatable bonds is 2. The summed E-state index contributed by atoms with van der Waals surface area (Å²) in [7, 11) is 1.35. The van der Waals surface area contributed by atoms with Crippen LogP contribution in [-0.2, 0) is 4.74 Å². The number of pyridine rings is 1. The fourth-order valence-corrected chi connectivity index (χ4v) is 3.91. The van der Waals surface area contributed by atoms with Crippen LogP contribution in [0, 0.1) is 0 Å². The molecule has 1 aliphatic rings. The molecule has 1 aliphatic heterocycles. The zero-order chi connectivity index (χ0) is 14.1. The molecule has 0 aromatic carbocycles. The first kappa shape index (κ1) is 13.7. The average Bonchev–Trinajstić information content (AvgIpc) is 2.91. The topological polar surface area (TPSA) is 56.5 Å². The van der Waals surface area contributed by atoms with E-state index in [1.807, 2.05) is 16.2 Å². The third kappa shape index (κ3) is 2.38. The van der Waals surface area contributed by atoms with Crippen LogP contribution < -0.4 is 0 Å². The van der Waals surface area contributed by atoms with E-state index in [1.165, 1.54) is 20.0 Å². The number of hydrogen-bond donors (Lipinski definition) is 0. The highest BCUT2D eigenvalue weighted by Crippen LogP contribution is 2.38. The minimum absolute atomic E-state index is 0.308. The minimum atomic E-state index is -0.412. The second kappa shape index (κ2) is 5.61. The lowest BCUT2D eigenvalue weighted by molar-refractivity contribution is 0.0600. The van der Waals surface area contributed by atoms with Crippen LogP contribution in [-0.4, -0.2) is 33.4 Å². The molecule has 0 amide bonds. The SMILES string of the molecule is COC(=O)c1cc(Cl)c2nnc(C3CCCCS3)n2c1. The molecule has 5 nitrogen and oxygen atoms in total. The van der Waals surface area contributed by atoms with Crippen molar-refractivity contribution in [1.82, 2.24) is 14.6 Å². The Balaban J connectivity index is 2.09. The van der Waals surface area contributed by atoms with E-state index in [0.717, 1.165) is 18.0 Å². The van der Waals surface area contributed by atoms with E-state index in [9.17, 15) is 4.79 Å². The van der Waals surface area contributed by atoms with E-state index >= 15 is 0 Å². The first-order chi connectivity index (χ1) is 9.70. The summed E-state index contributed by atoms with van der Waals surface area (Å²) >= 11 is 8.06. The number of hydrogen-bond acceptors (Lipinski definition) is 5. The maximum atomic E-state index is 11.7. The number of carbonyl (C=O) groups is 1. The van der Waals surface area contributed by atoms with Crippen LogP contribution in [0.25, 0.3) is 5.65 Å². The Bertz CT molecular complexity index is 652. The molecule has 0 radical (unpaired) electrons. The molecular weight excluding hydrogens is 298 g/mol. The normalized spacial score (nSPS) is 19.2. The Morgan fingerprint density at radius 3 is 3.05 bits per heavy atom. The number of nitrogens with zero attached hydrogens (tertiary/aromatic N) is 3. The Kier molecular flexibility index (Phi) is 3.85. The number of aromatic nitrogens is 3. The van der Waals surface area contributed by atoms with Crippen LogP contribution in [0.3, 0.4) is 0 Å². The summed E-state index contributed by atoms with van der Waals surface area (Å²) in [6, 6.07) is 1.56. The Morgan fingerprint density at radius 2 is 2.35 bits per heavy atom. The molecule has 0 aliphatic carbocycles. The molecule has 3 rings (SSSR count). The van der Waals surface area contributed by atoms with Gasteiger partial charge in [-0.15, -0.1) is 10.2 Å². The van der Waals surface area contributed by atoms with E-state index in [-0.39, 0.29) is 0 Å². The maximum Gasteiger partial charge on any atom is 0.339 e. The molecule has 1 fully saturated rings. The monoisotopic (exact) mass is 311 g/mol. The van der Waals surface area contributed by atoms with Gasteiger partial charge in [-0.2, -0.15) is 11.8 Å². The van der Waals surface area contributed by atoms with Crippen molar-refractivity contribution in [3.05, 3.63) is 28.7 Å². The van der Waals surface area contributed by atoms with Crippen molar-refractivity contribution < 1.29 is 9.53 Å². The molecule has 7 heteroatoms. The first-order valence-electron chi connectivity index (χ1n) is 6.45. The van der Waals surface area contributed by atoms with Gasteiger partial charge in [-0.25, -0.2) is 4.79 Å². The summed E-state index contributed by atoms with van der Waals surface area (Å²) in [5.41, 5.74) is 0.993. The Morgan fingerprint density at radius 1 is 1.50 bits per heavy atom. The minimum Gasteiger partial charge on any atom is -0.465 e. The number of halogens is 1. The van der Waals surface area contributed by atoms with Gasteiger partial charge in [-0.1, -0.05) is 18.0 Å². The predicted octanol–water partition coefficient (Wildman–Crippen LogP) is 3.13. The van der Waals surface area contributed by atoms with Crippen LogP contribution in [0.15, 0.2) is 12.3 Å². The summed E-state index contributed by atoms with van der Waals surface area (Å²) in [6.07, 6.45) is 5.21. The summed E-state index contributed by atoms with van der Waals surface area (Å²) in [5, 5.41) is 9.11.